The van der Waals surface area contributed by atoms with E-state index in [4.69, 9.17) is 10.2 Å². The van der Waals surface area contributed by atoms with Crippen LogP contribution in [-0.4, -0.2) is 29.3 Å². The minimum Gasteiger partial charge on any atom is -0.408 e. The zero-order valence-corrected chi connectivity index (χ0v) is 10.0. The van der Waals surface area contributed by atoms with Crippen LogP contribution in [0.3, 0.4) is 0 Å². The molecule has 2 rings (SSSR count). The minimum absolute atomic E-state index is 0.481. The van der Waals surface area contributed by atoms with Crippen molar-refractivity contribution in [3.05, 3.63) is 5.89 Å². The van der Waals surface area contributed by atoms with E-state index in [-0.39, 0.29) is 0 Å². The van der Waals surface area contributed by atoms with E-state index in [1.54, 1.807) is 0 Å². The Balaban J connectivity index is 2.05. The first-order valence-corrected chi connectivity index (χ1v) is 5.99. The average molecular weight is 224 g/mol. The first kappa shape index (κ1) is 11.4. The predicted molar refractivity (Wildman–Crippen MR) is 62.3 cm³/mol. The van der Waals surface area contributed by atoms with Crippen molar-refractivity contribution in [2.45, 2.75) is 39.2 Å². The van der Waals surface area contributed by atoms with Gasteiger partial charge in [-0.1, -0.05) is 12.0 Å². The molecule has 2 heterocycles. The maximum absolute atomic E-state index is 5.59. The SMILES string of the molecule is CC1CCN(c2nnc(CCN)o2)C(C)C1. The Morgan fingerprint density at radius 2 is 2.25 bits per heavy atom. The van der Waals surface area contributed by atoms with Crippen LogP contribution in [0.15, 0.2) is 4.42 Å². The standard InChI is InChI=1S/C11H20N4O/c1-8-4-6-15(9(2)7-8)11-14-13-10(16-11)3-5-12/h8-9H,3-7,12H2,1-2H3. The van der Waals surface area contributed by atoms with Gasteiger partial charge in [-0.25, -0.2) is 0 Å². The third-order valence-electron chi connectivity index (χ3n) is 3.20. The van der Waals surface area contributed by atoms with Crippen molar-refractivity contribution in [3.63, 3.8) is 0 Å². The van der Waals surface area contributed by atoms with Gasteiger partial charge in [-0.2, -0.15) is 0 Å². The van der Waals surface area contributed by atoms with Crippen molar-refractivity contribution in [3.8, 4) is 0 Å². The number of nitrogens with two attached hydrogens (primary N) is 1. The summed E-state index contributed by atoms with van der Waals surface area (Å²) in [6.07, 6.45) is 3.04. The van der Waals surface area contributed by atoms with E-state index in [0.717, 1.165) is 12.5 Å². The van der Waals surface area contributed by atoms with Crippen LogP contribution >= 0.6 is 0 Å². The second kappa shape index (κ2) is 4.82. The van der Waals surface area contributed by atoms with Gasteiger partial charge in [0.25, 0.3) is 0 Å². The third-order valence-corrected chi connectivity index (χ3v) is 3.20. The number of hydrogen-bond acceptors (Lipinski definition) is 5. The largest absolute Gasteiger partial charge is 0.408 e. The smallest absolute Gasteiger partial charge is 0.318 e. The molecule has 5 nitrogen and oxygen atoms in total. The monoisotopic (exact) mass is 224 g/mol. The maximum Gasteiger partial charge on any atom is 0.318 e. The Morgan fingerprint density at radius 1 is 1.44 bits per heavy atom. The summed E-state index contributed by atoms with van der Waals surface area (Å²) in [4.78, 5) is 2.20. The van der Waals surface area contributed by atoms with Crippen LogP contribution in [0, 0.1) is 5.92 Å². The molecule has 0 saturated carbocycles. The molecule has 0 aromatic carbocycles. The predicted octanol–water partition coefficient (Wildman–Crippen LogP) is 1.20. The number of rotatable bonds is 3. The van der Waals surface area contributed by atoms with Gasteiger partial charge in [-0.3, -0.25) is 0 Å². The van der Waals surface area contributed by atoms with Gasteiger partial charge in [0, 0.05) is 25.6 Å². The molecule has 1 aliphatic heterocycles. The number of piperidine rings is 1. The lowest BCUT2D eigenvalue weighted by molar-refractivity contribution is 0.353. The van der Waals surface area contributed by atoms with Crippen molar-refractivity contribution in [2.75, 3.05) is 18.0 Å². The first-order chi connectivity index (χ1) is 7.70. The van der Waals surface area contributed by atoms with Crippen LogP contribution in [0.1, 0.15) is 32.6 Å². The van der Waals surface area contributed by atoms with Crippen molar-refractivity contribution in [1.82, 2.24) is 10.2 Å². The van der Waals surface area contributed by atoms with Crippen LogP contribution in [0.5, 0.6) is 0 Å². The van der Waals surface area contributed by atoms with Gasteiger partial charge in [0.1, 0.15) is 0 Å². The molecule has 0 radical (unpaired) electrons. The Bertz CT molecular complexity index is 338. The van der Waals surface area contributed by atoms with Crippen LogP contribution in [0.4, 0.5) is 6.01 Å². The molecule has 2 unspecified atom stereocenters. The average Bonchev–Trinajstić information content (AvgIpc) is 2.67. The van der Waals surface area contributed by atoms with Gasteiger partial charge in [-0.15, -0.1) is 5.10 Å². The van der Waals surface area contributed by atoms with Crippen molar-refractivity contribution in [1.29, 1.82) is 0 Å². The summed E-state index contributed by atoms with van der Waals surface area (Å²) >= 11 is 0. The van der Waals surface area contributed by atoms with Gasteiger partial charge >= 0.3 is 6.01 Å². The highest BCUT2D eigenvalue weighted by Gasteiger charge is 2.26. The Hall–Kier alpha value is -1.10. The fourth-order valence-corrected chi connectivity index (χ4v) is 2.28. The van der Waals surface area contributed by atoms with Gasteiger partial charge in [0.2, 0.25) is 5.89 Å². The second-order valence-electron chi connectivity index (χ2n) is 4.69. The first-order valence-electron chi connectivity index (χ1n) is 5.99. The molecule has 2 N–H and O–H groups in total. The lowest BCUT2D eigenvalue weighted by Gasteiger charge is -2.34. The normalized spacial score (nSPS) is 26.1. The molecule has 1 fully saturated rings. The molecule has 5 heteroatoms. The molecule has 1 aromatic heterocycles. The minimum atomic E-state index is 0.481. The van der Waals surface area contributed by atoms with E-state index in [1.807, 2.05) is 0 Å². The fraction of sp³-hybridized carbons (Fsp3) is 0.818. The fourth-order valence-electron chi connectivity index (χ4n) is 2.28. The third kappa shape index (κ3) is 2.35. The van der Waals surface area contributed by atoms with Crippen LogP contribution in [0.2, 0.25) is 0 Å². The summed E-state index contributed by atoms with van der Waals surface area (Å²) in [5, 5.41) is 8.08. The molecule has 0 spiro atoms. The summed E-state index contributed by atoms with van der Waals surface area (Å²) in [6, 6.07) is 1.14. The lowest BCUT2D eigenvalue weighted by atomic mass is 9.94. The van der Waals surface area contributed by atoms with E-state index >= 15 is 0 Å². The zero-order valence-electron chi connectivity index (χ0n) is 10.0. The van der Waals surface area contributed by atoms with E-state index in [2.05, 4.69) is 28.9 Å². The Labute approximate surface area is 96.0 Å². The quantitative estimate of drug-likeness (QED) is 0.835. The van der Waals surface area contributed by atoms with E-state index in [1.165, 1.54) is 12.8 Å². The second-order valence-corrected chi connectivity index (χ2v) is 4.69. The highest BCUT2D eigenvalue weighted by Crippen LogP contribution is 2.26. The van der Waals surface area contributed by atoms with Crippen molar-refractivity contribution >= 4 is 6.01 Å². The molecule has 1 aliphatic rings. The van der Waals surface area contributed by atoms with Crippen molar-refractivity contribution in [2.24, 2.45) is 11.7 Å². The molecule has 0 amide bonds. The maximum atomic E-state index is 5.59. The summed E-state index contributed by atoms with van der Waals surface area (Å²) in [7, 11) is 0. The molecule has 0 aliphatic carbocycles. The highest BCUT2D eigenvalue weighted by molar-refractivity contribution is 5.27. The summed E-state index contributed by atoms with van der Waals surface area (Å²) < 4.78 is 5.59. The number of aromatic nitrogens is 2. The lowest BCUT2D eigenvalue weighted by Crippen LogP contribution is -2.40. The van der Waals surface area contributed by atoms with Crippen LogP contribution in [0.25, 0.3) is 0 Å². The van der Waals surface area contributed by atoms with E-state index in [9.17, 15) is 0 Å². The van der Waals surface area contributed by atoms with Gasteiger partial charge in [0.05, 0.1) is 0 Å². The molecule has 1 aromatic rings. The Kier molecular flexibility index (Phi) is 3.43. The number of nitrogens with zero attached hydrogens (tertiary/aromatic N) is 3. The molecule has 90 valence electrons. The summed E-state index contributed by atoms with van der Waals surface area (Å²) in [5.74, 6) is 1.43. The zero-order chi connectivity index (χ0) is 11.5. The molecular formula is C11H20N4O. The van der Waals surface area contributed by atoms with Crippen molar-refractivity contribution < 1.29 is 4.42 Å². The summed E-state index contributed by atoms with van der Waals surface area (Å²) in [5.41, 5.74) is 5.45. The highest BCUT2D eigenvalue weighted by atomic mass is 16.4. The van der Waals surface area contributed by atoms with E-state index in [0.29, 0.717) is 30.9 Å². The van der Waals surface area contributed by atoms with E-state index < -0.39 is 0 Å². The number of anilines is 1. The topological polar surface area (TPSA) is 68.2 Å². The molecule has 0 bridgehead atoms. The number of hydrogen-bond donors (Lipinski definition) is 1. The van der Waals surface area contributed by atoms with Crippen LogP contribution < -0.4 is 10.6 Å². The molecule has 1 saturated heterocycles. The molecular weight excluding hydrogens is 204 g/mol. The van der Waals surface area contributed by atoms with Gasteiger partial charge in [0.15, 0.2) is 0 Å². The van der Waals surface area contributed by atoms with Gasteiger partial charge < -0.3 is 15.1 Å². The van der Waals surface area contributed by atoms with Gasteiger partial charge in [-0.05, 0) is 25.7 Å². The summed E-state index contributed by atoms with van der Waals surface area (Å²) in [6.45, 7) is 6.06. The van der Waals surface area contributed by atoms with Crippen LogP contribution in [-0.2, 0) is 6.42 Å². The molecule has 16 heavy (non-hydrogen) atoms. The Morgan fingerprint density at radius 3 is 2.94 bits per heavy atom. The molecule has 2 atom stereocenters.